The Labute approximate surface area is 258 Å². The topological polar surface area (TPSA) is 3.24 Å². The van der Waals surface area contributed by atoms with Gasteiger partial charge in [0.15, 0.2) is 0 Å². The average molecular weight is 570 g/mol. The summed E-state index contributed by atoms with van der Waals surface area (Å²) >= 11 is 0. The predicted octanol–water partition coefficient (Wildman–Crippen LogP) is 11.3. The summed E-state index contributed by atoms with van der Waals surface area (Å²) in [6.45, 7) is 0. The van der Waals surface area contributed by atoms with E-state index in [0.717, 1.165) is 56.5 Å². The fraction of sp³-hybridized carbons (Fsp3) is 0.0476. The molecule has 212 valence electrons. The third-order valence-electron chi connectivity index (χ3n) is 8.19. The van der Waals surface area contributed by atoms with Crippen molar-refractivity contribution in [2.45, 2.75) is 12.8 Å². The van der Waals surface area contributed by atoms with Gasteiger partial charge in [-0.3, -0.25) is 0 Å². The standard InChI is InChI=1S/C42H32FN/c43-35-25-26-38(33(29-35)27-31-15-5-1-6-16-31)42-34(28-32-17-7-2-8-18-32)30-41(39-23-13-14-24-40(39)42)44(36-19-9-3-10-20-36)37-21-11-4-12-22-37/h1-26,29-30H,27-28H2. The Balaban J connectivity index is 1.52. The highest BCUT2D eigenvalue weighted by Gasteiger charge is 2.22. The third kappa shape index (κ3) is 5.63. The molecular formula is C42H32FN. The van der Waals surface area contributed by atoms with Crippen LogP contribution < -0.4 is 4.90 Å². The second kappa shape index (κ2) is 12.4. The van der Waals surface area contributed by atoms with E-state index in [0.29, 0.717) is 6.42 Å². The van der Waals surface area contributed by atoms with Crippen molar-refractivity contribution in [1.29, 1.82) is 0 Å². The Hall–Kier alpha value is -5.47. The van der Waals surface area contributed by atoms with Gasteiger partial charge in [0.25, 0.3) is 0 Å². The maximum Gasteiger partial charge on any atom is 0.123 e. The van der Waals surface area contributed by atoms with Crippen molar-refractivity contribution in [2.75, 3.05) is 4.90 Å². The van der Waals surface area contributed by atoms with Gasteiger partial charge in [-0.15, -0.1) is 0 Å². The molecule has 44 heavy (non-hydrogen) atoms. The lowest BCUT2D eigenvalue weighted by atomic mass is 9.85. The van der Waals surface area contributed by atoms with Crippen molar-refractivity contribution in [1.82, 2.24) is 0 Å². The fourth-order valence-corrected chi connectivity index (χ4v) is 6.22. The zero-order chi connectivity index (χ0) is 29.7. The van der Waals surface area contributed by atoms with Gasteiger partial charge in [-0.05, 0) is 94.1 Å². The first-order valence-corrected chi connectivity index (χ1v) is 15.1. The fourth-order valence-electron chi connectivity index (χ4n) is 6.22. The molecule has 0 bridgehead atoms. The lowest BCUT2D eigenvalue weighted by Gasteiger charge is -2.29. The van der Waals surface area contributed by atoms with Crippen LogP contribution >= 0.6 is 0 Å². The van der Waals surface area contributed by atoms with Crippen molar-refractivity contribution in [3.63, 3.8) is 0 Å². The highest BCUT2D eigenvalue weighted by molar-refractivity contribution is 6.08. The molecule has 7 rings (SSSR count). The lowest BCUT2D eigenvalue weighted by Crippen LogP contribution is -2.11. The van der Waals surface area contributed by atoms with Gasteiger partial charge in [0.1, 0.15) is 5.82 Å². The van der Waals surface area contributed by atoms with Crippen LogP contribution in [0, 0.1) is 5.82 Å². The molecule has 0 N–H and O–H groups in total. The first kappa shape index (κ1) is 27.4. The van der Waals surface area contributed by atoms with Crippen LogP contribution in [0.4, 0.5) is 21.5 Å². The predicted molar refractivity (Wildman–Crippen MR) is 183 cm³/mol. The second-order valence-corrected chi connectivity index (χ2v) is 11.1. The molecule has 0 heterocycles. The molecule has 0 amide bonds. The van der Waals surface area contributed by atoms with Gasteiger partial charge in [0, 0.05) is 16.8 Å². The van der Waals surface area contributed by atoms with Gasteiger partial charge in [0.2, 0.25) is 0 Å². The van der Waals surface area contributed by atoms with E-state index >= 15 is 0 Å². The van der Waals surface area contributed by atoms with Gasteiger partial charge in [-0.1, -0.05) is 127 Å². The zero-order valence-electron chi connectivity index (χ0n) is 24.4. The van der Waals surface area contributed by atoms with Crippen LogP contribution in [0.3, 0.4) is 0 Å². The summed E-state index contributed by atoms with van der Waals surface area (Å²) in [4.78, 5) is 2.34. The molecule has 7 aromatic rings. The van der Waals surface area contributed by atoms with Crippen LogP contribution in [0.15, 0.2) is 170 Å². The van der Waals surface area contributed by atoms with Crippen molar-refractivity contribution in [3.05, 3.63) is 198 Å². The number of hydrogen-bond donors (Lipinski definition) is 0. The van der Waals surface area contributed by atoms with Gasteiger partial charge in [-0.25, -0.2) is 4.39 Å². The minimum atomic E-state index is -0.218. The number of nitrogens with zero attached hydrogens (tertiary/aromatic N) is 1. The molecule has 0 aromatic heterocycles. The van der Waals surface area contributed by atoms with E-state index in [1.807, 2.05) is 24.3 Å². The van der Waals surface area contributed by atoms with Crippen molar-refractivity contribution >= 4 is 27.8 Å². The summed E-state index contributed by atoms with van der Waals surface area (Å²) in [7, 11) is 0. The molecule has 7 aromatic carbocycles. The Bertz CT molecular complexity index is 1960. The number of anilines is 3. The molecule has 0 aliphatic heterocycles. The molecular weight excluding hydrogens is 537 g/mol. The number of rotatable bonds is 8. The maximum atomic E-state index is 14.9. The molecule has 0 fully saturated rings. The largest absolute Gasteiger partial charge is 0.310 e. The smallest absolute Gasteiger partial charge is 0.123 e. The minimum absolute atomic E-state index is 0.218. The monoisotopic (exact) mass is 569 g/mol. The molecule has 0 saturated heterocycles. The number of halogens is 1. The van der Waals surface area contributed by atoms with Crippen LogP contribution in [-0.2, 0) is 12.8 Å². The number of para-hydroxylation sites is 2. The summed E-state index contributed by atoms with van der Waals surface area (Å²) in [5, 5.41) is 2.29. The van der Waals surface area contributed by atoms with Crippen molar-refractivity contribution < 1.29 is 4.39 Å². The average Bonchev–Trinajstić information content (AvgIpc) is 3.07. The van der Waals surface area contributed by atoms with E-state index in [1.54, 1.807) is 12.1 Å². The summed E-state index contributed by atoms with van der Waals surface area (Å²) < 4.78 is 14.9. The van der Waals surface area contributed by atoms with E-state index in [1.165, 1.54) is 11.1 Å². The van der Waals surface area contributed by atoms with Gasteiger partial charge in [0.05, 0.1) is 5.69 Å². The zero-order valence-corrected chi connectivity index (χ0v) is 24.4. The summed E-state index contributed by atoms with van der Waals surface area (Å²) in [5.74, 6) is -0.218. The van der Waals surface area contributed by atoms with Gasteiger partial charge in [-0.2, -0.15) is 0 Å². The van der Waals surface area contributed by atoms with Crippen LogP contribution in [-0.4, -0.2) is 0 Å². The maximum absolute atomic E-state index is 14.9. The molecule has 0 atom stereocenters. The molecule has 2 heteroatoms. The van der Waals surface area contributed by atoms with Crippen LogP contribution in [0.5, 0.6) is 0 Å². The van der Waals surface area contributed by atoms with Crippen molar-refractivity contribution in [3.8, 4) is 11.1 Å². The highest BCUT2D eigenvalue weighted by atomic mass is 19.1. The second-order valence-electron chi connectivity index (χ2n) is 11.1. The SMILES string of the molecule is Fc1ccc(-c2c(Cc3ccccc3)cc(N(c3ccccc3)c3ccccc3)c3ccccc23)c(Cc2ccccc2)c1. The van der Waals surface area contributed by atoms with E-state index < -0.39 is 0 Å². The Kier molecular flexibility index (Phi) is 7.72. The molecule has 0 aliphatic rings. The normalized spacial score (nSPS) is 11.0. The first-order valence-electron chi connectivity index (χ1n) is 15.1. The quantitative estimate of drug-likeness (QED) is 0.176. The summed E-state index contributed by atoms with van der Waals surface area (Å²) in [6, 6.07) is 58.3. The number of fused-ring (bicyclic) bond motifs is 1. The lowest BCUT2D eigenvalue weighted by molar-refractivity contribution is 0.626. The summed E-state index contributed by atoms with van der Waals surface area (Å²) in [6.07, 6.45) is 1.39. The number of benzene rings is 7. The summed E-state index contributed by atoms with van der Waals surface area (Å²) in [5.41, 5.74) is 10.1. The van der Waals surface area contributed by atoms with E-state index in [4.69, 9.17) is 0 Å². The molecule has 0 spiro atoms. The molecule has 0 radical (unpaired) electrons. The van der Waals surface area contributed by atoms with Crippen molar-refractivity contribution in [2.24, 2.45) is 0 Å². The van der Waals surface area contributed by atoms with E-state index in [-0.39, 0.29) is 5.82 Å². The minimum Gasteiger partial charge on any atom is -0.310 e. The Morgan fingerprint density at radius 1 is 0.432 bits per heavy atom. The van der Waals surface area contributed by atoms with Crippen LogP contribution in [0.2, 0.25) is 0 Å². The van der Waals surface area contributed by atoms with E-state index in [9.17, 15) is 4.39 Å². The molecule has 0 aliphatic carbocycles. The van der Waals surface area contributed by atoms with Gasteiger partial charge >= 0.3 is 0 Å². The third-order valence-corrected chi connectivity index (χ3v) is 8.19. The Morgan fingerprint density at radius 3 is 1.48 bits per heavy atom. The molecule has 1 nitrogen and oxygen atoms in total. The van der Waals surface area contributed by atoms with Gasteiger partial charge < -0.3 is 4.90 Å². The van der Waals surface area contributed by atoms with Crippen LogP contribution in [0.1, 0.15) is 22.3 Å². The molecule has 0 saturated carbocycles. The Morgan fingerprint density at radius 2 is 0.909 bits per heavy atom. The molecule has 0 unspecified atom stereocenters. The first-order chi connectivity index (χ1) is 21.7. The van der Waals surface area contributed by atoms with Crippen LogP contribution in [0.25, 0.3) is 21.9 Å². The highest BCUT2D eigenvalue weighted by Crippen LogP contribution is 2.45. The number of hydrogen-bond acceptors (Lipinski definition) is 1. The van der Waals surface area contributed by atoms with E-state index in [2.05, 4.69) is 138 Å².